The summed E-state index contributed by atoms with van der Waals surface area (Å²) >= 11 is 0. The highest BCUT2D eigenvalue weighted by molar-refractivity contribution is 7.73. The molecule has 3 aromatic rings. The van der Waals surface area contributed by atoms with E-state index in [1.807, 2.05) is 66.7 Å². The summed E-state index contributed by atoms with van der Waals surface area (Å²) < 4.78 is 0. The zero-order valence-corrected chi connectivity index (χ0v) is 13.1. The van der Waals surface area contributed by atoms with Crippen LogP contribution < -0.4 is 10.6 Å². The Hall–Kier alpha value is -2.24. The van der Waals surface area contributed by atoms with Crippen molar-refractivity contribution in [3.8, 4) is 0 Å². The van der Waals surface area contributed by atoms with Gasteiger partial charge in [0.2, 0.25) is 0 Å². The lowest BCUT2D eigenvalue weighted by Gasteiger charge is -2.18. The smallest absolute Gasteiger partial charge is 0.167 e. The number of carbonyl (C=O) groups is 1. The van der Waals surface area contributed by atoms with E-state index in [-0.39, 0.29) is 5.78 Å². The predicted molar refractivity (Wildman–Crippen MR) is 94.7 cm³/mol. The van der Waals surface area contributed by atoms with Gasteiger partial charge in [0.15, 0.2) is 5.78 Å². The molecule has 3 rings (SSSR count). The fourth-order valence-electron chi connectivity index (χ4n) is 2.41. The van der Waals surface area contributed by atoms with Gasteiger partial charge in [0.25, 0.3) is 0 Å². The van der Waals surface area contributed by atoms with Gasteiger partial charge in [-0.25, -0.2) is 0 Å². The van der Waals surface area contributed by atoms with Gasteiger partial charge in [0.05, 0.1) is 0 Å². The summed E-state index contributed by atoms with van der Waals surface area (Å²) in [6, 6.07) is 30.2. The van der Waals surface area contributed by atoms with E-state index in [2.05, 4.69) is 24.3 Å². The fraction of sp³-hybridized carbons (Fsp3) is 0.0500. The zero-order valence-electron chi connectivity index (χ0n) is 12.2. The van der Waals surface area contributed by atoms with Crippen molar-refractivity contribution in [1.82, 2.24) is 0 Å². The van der Waals surface area contributed by atoms with Crippen LogP contribution in [-0.4, -0.2) is 11.9 Å². The molecule has 0 saturated heterocycles. The van der Waals surface area contributed by atoms with E-state index in [4.69, 9.17) is 0 Å². The quantitative estimate of drug-likeness (QED) is 0.514. The van der Waals surface area contributed by atoms with Crippen molar-refractivity contribution in [2.75, 3.05) is 6.16 Å². The molecule has 0 radical (unpaired) electrons. The topological polar surface area (TPSA) is 17.1 Å². The monoisotopic (exact) mass is 304 g/mol. The minimum Gasteiger partial charge on any atom is -0.294 e. The molecule has 22 heavy (non-hydrogen) atoms. The Balaban J connectivity index is 1.91. The second kappa shape index (κ2) is 7.15. The van der Waals surface area contributed by atoms with Crippen LogP contribution in [0.3, 0.4) is 0 Å². The SMILES string of the molecule is O=C(CP(c1ccccc1)c1ccccc1)c1ccccc1. The van der Waals surface area contributed by atoms with E-state index in [1.165, 1.54) is 10.6 Å². The Morgan fingerprint density at radius 1 is 0.636 bits per heavy atom. The summed E-state index contributed by atoms with van der Waals surface area (Å²) in [6.07, 6.45) is 0.549. The van der Waals surface area contributed by atoms with Gasteiger partial charge < -0.3 is 0 Å². The molecule has 0 amide bonds. The van der Waals surface area contributed by atoms with Crippen LogP contribution in [0.5, 0.6) is 0 Å². The summed E-state index contributed by atoms with van der Waals surface area (Å²) in [5.74, 6) is 0.208. The minimum absolute atomic E-state index is 0.208. The van der Waals surface area contributed by atoms with Gasteiger partial charge in [0, 0.05) is 11.7 Å². The molecule has 0 aromatic heterocycles. The van der Waals surface area contributed by atoms with E-state index in [0.29, 0.717) is 6.16 Å². The van der Waals surface area contributed by atoms with Crippen LogP contribution in [0.4, 0.5) is 0 Å². The van der Waals surface area contributed by atoms with E-state index >= 15 is 0 Å². The van der Waals surface area contributed by atoms with E-state index < -0.39 is 7.92 Å². The van der Waals surface area contributed by atoms with Crippen LogP contribution in [0.2, 0.25) is 0 Å². The normalized spacial score (nSPS) is 10.6. The lowest BCUT2D eigenvalue weighted by Crippen LogP contribution is -2.18. The molecule has 108 valence electrons. The Labute approximate surface area is 132 Å². The number of Topliss-reactive ketones (excluding diaryl/α,β-unsaturated/α-hetero) is 1. The Morgan fingerprint density at radius 2 is 1.05 bits per heavy atom. The van der Waals surface area contributed by atoms with Crippen molar-refractivity contribution < 1.29 is 4.79 Å². The Bertz CT molecular complexity index is 684. The average Bonchev–Trinajstić information content (AvgIpc) is 2.62. The molecule has 0 N–H and O–H groups in total. The molecule has 0 spiro atoms. The van der Waals surface area contributed by atoms with Gasteiger partial charge in [-0.15, -0.1) is 0 Å². The second-order valence-corrected chi connectivity index (χ2v) is 7.25. The largest absolute Gasteiger partial charge is 0.294 e. The summed E-state index contributed by atoms with van der Waals surface area (Å²) in [5, 5.41) is 2.49. The summed E-state index contributed by atoms with van der Waals surface area (Å²) in [7, 11) is -0.663. The molecule has 0 aliphatic carbocycles. The number of benzene rings is 3. The number of hydrogen-bond donors (Lipinski definition) is 0. The molecule has 2 heteroatoms. The van der Waals surface area contributed by atoms with Crippen molar-refractivity contribution in [2.24, 2.45) is 0 Å². The molecule has 0 fully saturated rings. The standard InChI is InChI=1S/C20H17OP/c21-20(17-10-4-1-5-11-17)16-22(18-12-6-2-7-13-18)19-14-8-3-9-15-19/h1-15H,16H2. The molecular formula is C20H17OP. The fourth-order valence-corrected chi connectivity index (χ4v) is 4.60. The van der Waals surface area contributed by atoms with Crippen LogP contribution >= 0.6 is 7.92 Å². The third-order valence-corrected chi connectivity index (χ3v) is 5.98. The highest BCUT2D eigenvalue weighted by Gasteiger charge is 2.18. The van der Waals surface area contributed by atoms with E-state index in [9.17, 15) is 4.79 Å². The molecule has 0 aliphatic rings. The minimum atomic E-state index is -0.663. The molecule has 1 nitrogen and oxygen atoms in total. The molecule has 0 heterocycles. The van der Waals surface area contributed by atoms with Crippen molar-refractivity contribution >= 4 is 24.3 Å². The average molecular weight is 304 g/mol. The molecule has 3 aromatic carbocycles. The Kier molecular flexibility index (Phi) is 4.78. The van der Waals surface area contributed by atoms with Crippen LogP contribution in [0.25, 0.3) is 0 Å². The number of carbonyl (C=O) groups excluding carboxylic acids is 1. The highest BCUT2D eigenvalue weighted by Crippen LogP contribution is 2.34. The van der Waals surface area contributed by atoms with Crippen LogP contribution in [0.15, 0.2) is 91.0 Å². The van der Waals surface area contributed by atoms with Gasteiger partial charge in [-0.2, -0.15) is 0 Å². The summed E-state index contributed by atoms with van der Waals surface area (Å²) in [6.45, 7) is 0. The zero-order chi connectivity index (χ0) is 15.2. The van der Waals surface area contributed by atoms with Crippen LogP contribution in [-0.2, 0) is 0 Å². The van der Waals surface area contributed by atoms with Crippen molar-refractivity contribution in [2.45, 2.75) is 0 Å². The first kappa shape index (κ1) is 14.7. The Morgan fingerprint density at radius 3 is 1.50 bits per heavy atom. The van der Waals surface area contributed by atoms with Gasteiger partial charge >= 0.3 is 0 Å². The number of ketones is 1. The van der Waals surface area contributed by atoms with Crippen molar-refractivity contribution in [3.05, 3.63) is 96.6 Å². The molecule has 0 saturated carbocycles. The molecule has 0 bridgehead atoms. The first-order valence-electron chi connectivity index (χ1n) is 7.30. The van der Waals surface area contributed by atoms with Gasteiger partial charge in [-0.05, 0) is 18.5 Å². The van der Waals surface area contributed by atoms with Crippen LogP contribution in [0.1, 0.15) is 10.4 Å². The van der Waals surface area contributed by atoms with Gasteiger partial charge in [-0.1, -0.05) is 91.0 Å². The summed E-state index contributed by atoms with van der Waals surface area (Å²) in [5.41, 5.74) is 0.793. The van der Waals surface area contributed by atoms with Gasteiger partial charge in [-0.3, -0.25) is 4.79 Å². The first-order valence-corrected chi connectivity index (χ1v) is 8.83. The maximum Gasteiger partial charge on any atom is 0.167 e. The van der Waals surface area contributed by atoms with E-state index in [1.54, 1.807) is 0 Å². The first-order chi connectivity index (χ1) is 10.8. The molecular weight excluding hydrogens is 287 g/mol. The maximum atomic E-state index is 12.6. The van der Waals surface area contributed by atoms with E-state index in [0.717, 1.165) is 5.56 Å². The van der Waals surface area contributed by atoms with Gasteiger partial charge in [0.1, 0.15) is 0 Å². The summed E-state index contributed by atoms with van der Waals surface area (Å²) in [4.78, 5) is 12.6. The lowest BCUT2D eigenvalue weighted by atomic mass is 10.2. The molecule has 0 aliphatic heterocycles. The highest BCUT2D eigenvalue weighted by atomic mass is 31.1. The number of hydrogen-bond acceptors (Lipinski definition) is 1. The van der Waals surface area contributed by atoms with Crippen molar-refractivity contribution in [1.29, 1.82) is 0 Å². The van der Waals surface area contributed by atoms with Crippen LogP contribution in [0, 0.1) is 0 Å². The predicted octanol–water partition coefficient (Wildman–Crippen LogP) is 4.00. The second-order valence-electron chi connectivity index (χ2n) is 5.05. The van der Waals surface area contributed by atoms with Crippen molar-refractivity contribution in [3.63, 3.8) is 0 Å². The lowest BCUT2D eigenvalue weighted by molar-refractivity contribution is 0.102. The third-order valence-electron chi connectivity index (χ3n) is 3.53. The molecule has 0 unspecified atom stereocenters. The maximum absolute atomic E-state index is 12.6. The number of rotatable bonds is 5. The third kappa shape index (κ3) is 3.50. The molecule has 0 atom stereocenters.